The maximum Gasteiger partial charge on any atom is 0.500 e. The van der Waals surface area contributed by atoms with Gasteiger partial charge in [0.15, 0.2) is 0 Å². The van der Waals surface area contributed by atoms with Crippen molar-refractivity contribution in [3.8, 4) is 0 Å². The zero-order valence-corrected chi connectivity index (χ0v) is 14.4. The summed E-state index contributed by atoms with van der Waals surface area (Å²) in [4.78, 5) is 4.62. The molecule has 0 unspecified atom stereocenters. The topological polar surface area (TPSA) is 34.2 Å². The average molecular weight is 302 g/mol. The minimum Gasteiger partial charge on any atom is -0.374 e. The van der Waals surface area contributed by atoms with E-state index in [-0.39, 0.29) is 0 Å². The molecule has 1 aliphatic heterocycles. The highest BCUT2D eigenvalue weighted by molar-refractivity contribution is 6.60. The van der Waals surface area contributed by atoms with Crippen LogP contribution in [0.2, 0.25) is 6.04 Å². The van der Waals surface area contributed by atoms with E-state index in [1.165, 1.54) is 0 Å². The Kier molecular flexibility index (Phi) is 8.21. The van der Waals surface area contributed by atoms with Crippen LogP contribution < -0.4 is 0 Å². The summed E-state index contributed by atoms with van der Waals surface area (Å²) < 4.78 is 17.6. The van der Waals surface area contributed by atoms with Gasteiger partial charge in [0.25, 0.3) is 0 Å². The van der Waals surface area contributed by atoms with Gasteiger partial charge in [0.1, 0.15) is 0 Å². The summed E-state index contributed by atoms with van der Waals surface area (Å²) in [5.41, 5.74) is 0. The van der Waals surface area contributed by atoms with Crippen molar-refractivity contribution in [3.63, 3.8) is 0 Å². The molecular formula is C14H30N2O3Si. The van der Waals surface area contributed by atoms with Gasteiger partial charge in [0.2, 0.25) is 0 Å². The summed E-state index contributed by atoms with van der Waals surface area (Å²) >= 11 is 0. The number of rotatable bonds is 11. The number of hydrogen-bond donors (Lipinski definition) is 0. The van der Waals surface area contributed by atoms with Crippen LogP contribution in [0.15, 0.2) is 12.4 Å². The van der Waals surface area contributed by atoms with Crippen molar-refractivity contribution in [2.24, 2.45) is 0 Å². The molecule has 1 aliphatic rings. The summed E-state index contributed by atoms with van der Waals surface area (Å²) in [6.07, 6.45) is 5.35. The fourth-order valence-electron chi connectivity index (χ4n) is 2.37. The first-order valence-corrected chi connectivity index (χ1v) is 9.71. The lowest BCUT2D eigenvalue weighted by Crippen LogP contribution is -2.46. The Morgan fingerprint density at radius 2 is 1.45 bits per heavy atom. The van der Waals surface area contributed by atoms with Crippen LogP contribution in [0.1, 0.15) is 34.1 Å². The van der Waals surface area contributed by atoms with Crippen molar-refractivity contribution in [2.45, 2.75) is 40.2 Å². The van der Waals surface area contributed by atoms with Crippen LogP contribution in [0.25, 0.3) is 0 Å². The first-order valence-electron chi connectivity index (χ1n) is 7.78. The van der Waals surface area contributed by atoms with Gasteiger partial charge >= 0.3 is 8.80 Å². The van der Waals surface area contributed by atoms with Crippen molar-refractivity contribution >= 4 is 8.80 Å². The van der Waals surface area contributed by atoms with Crippen LogP contribution in [0.4, 0.5) is 0 Å². The van der Waals surface area contributed by atoms with E-state index in [1.54, 1.807) is 0 Å². The Labute approximate surface area is 124 Å². The quantitative estimate of drug-likeness (QED) is 0.548. The van der Waals surface area contributed by atoms with Gasteiger partial charge < -0.3 is 23.1 Å². The number of nitrogens with zero attached hydrogens (tertiary/aromatic N) is 2. The molecule has 0 aliphatic carbocycles. The second kappa shape index (κ2) is 9.39. The molecular weight excluding hydrogens is 272 g/mol. The van der Waals surface area contributed by atoms with E-state index in [0.717, 1.165) is 32.2 Å². The second-order valence-electron chi connectivity index (χ2n) is 4.74. The van der Waals surface area contributed by atoms with Crippen LogP contribution in [-0.2, 0) is 13.3 Å². The molecule has 5 nitrogen and oxygen atoms in total. The first kappa shape index (κ1) is 17.5. The number of hydrogen-bond acceptors (Lipinski definition) is 5. The summed E-state index contributed by atoms with van der Waals surface area (Å²) in [5, 5.41) is 0. The molecule has 6 heteroatoms. The predicted molar refractivity (Wildman–Crippen MR) is 83.1 cm³/mol. The molecule has 1 heterocycles. The molecule has 20 heavy (non-hydrogen) atoms. The molecule has 0 bridgehead atoms. The Morgan fingerprint density at radius 3 is 1.90 bits per heavy atom. The van der Waals surface area contributed by atoms with Crippen molar-refractivity contribution < 1.29 is 13.3 Å². The highest BCUT2D eigenvalue weighted by Crippen LogP contribution is 2.19. The van der Waals surface area contributed by atoms with Crippen molar-refractivity contribution in [2.75, 3.05) is 39.6 Å². The van der Waals surface area contributed by atoms with Gasteiger partial charge in [-0.3, -0.25) is 0 Å². The lowest BCUT2D eigenvalue weighted by Gasteiger charge is -2.29. The molecule has 0 N–H and O–H groups in total. The third kappa shape index (κ3) is 5.44. The van der Waals surface area contributed by atoms with E-state index >= 15 is 0 Å². The molecule has 1 rings (SSSR count). The van der Waals surface area contributed by atoms with Crippen LogP contribution in [0, 0.1) is 0 Å². The fraction of sp³-hybridized carbons (Fsp3) is 0.857. The standard InChI is InChI=1S/C14H30N2O3Si/c1-5-15-11-12-16(14-15)10-9-13-20(17-6-2,18-7-3)19-8-4/h11-12H,5-10,13-14H2,1-4H3. The Morgan fingerprint density at radius 1 is 0.900 bits per heavy atom. The highest BCUT2D eigenvalue weighted by atomic mass is 28.4. The molecule has 0 fully saturated rings. The van der Waals surface area contributed by atoms with Gasteiger partial charge in [-0.25, -0.2) is 0 Å². The first-order chi connectivity index (χ1) is 9.69. The van der Waals surface area contributed by atoms with Gasteiger partial charge in [0.05, 0.1) is 6.67 Å². The molecule has 0 saturated heterocycles. The molecule has 118 valence electrons. The Bertz CT molecular complexity index is 273. The SMILES string of the molecule is CCO[Si](CCCN1C=CN(CC)C1)(OCC)OCC. The van der Waals surface area contributed by atoms with E-state index in [2.05, 4.69) is 29.1 Å². The molecule has 0 radical (unpaired) electrons. The summed E-state index contributed by atoms with van der Waals surface area (Å²) in [5.74, 6) is 0. The monoisotopic (exact) mass is 302 g/mol. The minimum atomic E-state index is -2.46. The van der Waals surface area contributed by atoms with Gasteiger partial charge in [-0.05, 0) is 34.1 Å². The zero-order valence-electron chi connectivity index (χ0n) is 13.4. The molecule has 0 amide bonds. The fourth-order valence-corrected chi connectivity index (χ4v) is 4.96. The maximum absolute atomic E-state index is 5.86. The smallest absolute Gasteiger partial charge is 0.374 e. The molecule has 0 spiro atoms. The molecule has 0 aromatic heterocycles. The third-order valence-electron chi connectivity index (χ3n) is 3.28. The van der Waals surface area contributed by atoms with Gasteiger partial charge in [0, 0.05) is 51.4 Å². The maximum atomic E-state index is 5.86. The Balaban J connectivity index is 2.39. The van der Waals surface area contributed by atoms with Crippen molar-refractivity contribution in [1.82, 2.24) is 9.80 Å². The average Bonchev–Trinajstić information content (AvgIpc) is 2.88. The third-order valence-corrected chi connectivity index (χ3v) is 6.43. The largest absolute Gasteiger partial charge is 0.500 e. The van der Waals surface area contributed by atoms with E-state index in [1.807, 2.05) is 20.8 Å². The second-order valence-corrected chi connectivity index (χ2v) is 7.47. The van der Waals surface area contributed by atoms with Gasteiger partial charge in [-0.1, -0.05) is 0 Å². The van der Waals surface area contributed by atoms with E-state index in [4.69, 9.17) is 13.3 Å². The Hall–Kier alpha value is -0.563. The summed E-state index contributed by atoms with van der Waals surface area (Å²) in [6.45, 7) is 13.2. The predicted octanol–water partition coefficient (Wildman–Crippen LogP) is 2.49. The van der Waals surface area contributed by atoms with Gasteiger partial charge in [-0.2, -0.15) is 0 Å². The van der Waals surface area contributed by atoms with Crippen molar-refractivity contribution in [1.29, 1.82) is 0 Å². The van der Waals surface area contributed by atoms with Crippen molar-refractivity contribution in [3.05, 3.63) is 12.4 Å². The van der Waals surface area contributed by atoms with Gasteiger partial charge in [-0.15, -0.1) is 0 Å². The highest BCUT2D eigenvalue weighted by Gasteiger charge is 2.39. The van der Waals surface area contributed by atoms with Crippen LogP contribution in [0.5, 0.6) is 0 Å². The van der Waals surface area contributed by atoms with E-state index in [0.29, 0.717) is 19.8 Å². The van der Waals surface area contributed by atoms with Crippen LogP contribution in [-0.4, -0.2) is 58.2 Å². The molecule has 0 aromatic carbocycles. The molecule has 0 aromatic rings. The molecule has 0 atom stereocenters. The molecule has 0 saturated carbocycles. The normalized spacial score (nSPS) is 15.4. The minimum absolute atomic E-state index is 0.652. The van der Waals surface area contributed by atoms with Crippen LogP contribution in [0.3, 0.4) is 0 Å². The lowest BCUT2D eigenvalue weighted by atomic mass is 10.4. The van der Waals surface area contributed by atoms with Crippen LogP contribution >= 0.6 is 0 Å². The van der Waals surface area contributed by atoms with E-state index < -0.39 is 8.80 Å². The summed E-state index contributed by atoms with van der Waals surface area (Å²) in [7, 11) is -2.46. The summed E-state index contributed by atoms with van der Waals surface area (Å²) in [6, 6.07) is 0.888. The lowest BCUT2D eigenvalue weighted by molar-refractivity contribution is 0.0701. The van der Waals surface area contributed by atoms with E-state index in [9.17, 15) is 0 Å². The zero-order chi connectivity index (χ0) is 14.8.